The third-order valence-electron chi connectivity index (χ3n) is 2.86. The number of halogens is 1. The minimum atomic E-state index is 0.115. The molecular formula is C16H12ClN3OS. The van der Waals surface area contributed by atoms with E-state index in [-0.39, 0.29) is 11.3 Å². The Morgan fingerprint density at radius 1 is 0.864 bits per heavy atom. The third-order valence-corrected chi connectivity index (χ3v) is 4.05. The summed E-state index contributed by atoms with van der Waals surface area (Å²) in [5.74, 6) is 0.494. The Hall–Kier alpha value is -2.11. The van der Waals surface area contributed by atoms with Gasteiger partial charge in [0.2, 0.25) is 5.28 Å². The van der Waals surface area contributed by atoms with Crippen molar-refractivity contribution in [3.05, 3.63) is 59.9 Å². The molecule has 6 heteroatoms. The van der Waals surface area contributed by atoms with Gasteiger partial charge in [0, 0.05) is 15.4 Å². The fourth-order valence-electron chi connectivity index (χ4n) is 1.85. The fraction of sp³-hybridized carbons (Fsp3) is 0.0625. The number of rotatable bonds is 4. The number of aromatic nitrogens is 3. The van der Waals surface area contributed by atoms with E-state index in [0.29, 0.717) is 5.82 Å². The van der Waals surface area contributed by atoms with Crippen molar-refractivity contribution in [3.8, 4) is 17.4 Å². The Morgan fingerprint density at radius 2 is 1.55 bits per heavy atom. The first-order valence-corrected chi connectivity index (χ1v) is 7.73. The van der Waals surface area contributed by atoms with Gasteiger partial charge in [-0.05, 0) is 35.9 Å². The van der Waals surface area contributed by atoms with Gasteiger partial charge in [-0.1, -0.05) is 42.1 Å². The summed E-state index contributed by atoms with van der Waals surface area (Å²) in [6.07, 6.45) is 0. The highest BCUT2D eigenvalue weighted by atomic mass is 35.5. The van der Waals surface area contributed by atoms with Gasteiger partial charge in [-0.2, -0.15) is 15.0 Å². The molecule has 4 nitrogen and oxygen atoms in total. The Balaban J connectivity index is 1.84. The molecule has 1 heterocycles. The molecule has 110 valence electrons. The van der Waals surface area contributed by atoms with E-state index in [2.05, 4.69) is 27.1 Å². The molecule has 0 radical (unpaired) electrons. The molecule has 0 fully saturated rings. The molecular weight excluding hydrogens is 318 g/mol. The van der Waals surface area contributed by atoms with Crippen LogP contribution in [0.1, 0.15) is 0 Å². The molecule has 3 aromatic rings. The molecule has 0 aliphatic carbocycles. The highest BCUT2D eigenvalue weighted by Gasteiger charge is 2.07. The highest BCUT2D eigenvalue weighted by molar-refractivity contribution is 7.99. The molecule has 3 rings (SSSR count). The van der Waals surface area contributed by atoms with Gasteiger partial charge in [-0.3, -0.25) is 0 Å². The number of benzene rings is 2. The van der Waals surface area contributed by atoms with Gasteiger partial charge in [0.05, 0.1) is 7.11 Å². The largest absolute Gasteiger partial charge is 0.467 e. The Morgan fingerprint density at radius 3 is 2.23 bits per heavy atom. The number of methoxy groups -OCH3 is 1. The SMILES string of the molecule is COc1nc(Cl)nc(-c2ccc(Sc3ccccc3)cc2)n1. The van der Waals surface area contributed by atoms with E-state index in [4.69, 9.17) is 16.3 Å². The van der Waals surface area contributed by atoms with Crippen LogP contribution in [0.3, 0.4) is 0 Å². The van der Waals surface area contributed by atoms with Crippen molar-refractivity contribution in [1.82, 2.24) is 15.0 Å². The van der Waals surface area contributed by atoms with E-state index in [9.17, 15) is 0 Å². The van der Waals surface area contributed by atoms with Gasteiger partial charge in [0.1, 0.15) is 0 Å². The first-order chi connectivity index (χ1) is 10.7. The van der Waals surface area contributed by atoms with Crippen LogP contribution >= 0.6 is 23.4 Å². The zero-order valence-corrected chi connectivity index (χ0v) is 13.3. The summed E-state index contributed by atoms with van der Waals surface area (Å²) in [6, 6.07) is 18.4. The van der Waals surface area contributed by atoms with Crippen LogP contribution in [0.15, 0.2) is 64.4 Å². The minimum absolute atomic E-state index is 0.115. The first kappa shape index (κ1) is 14.8. The normalized spacial score (nSPS) is 10.5. The van der Waals surface area contributed by atoms with Crippen molar-refractivity contribution in [3.63, 3.8) is 0 Å². The number of ether oxygens (including phenoxy) is 1. The lowest BCUT2D eigenvalue weighted by Gasteiger charge is -2.05. The standard InChI is InChI=1S/C16H12ClN3OS/c1-21-16-19-14(18-15(17)20-16)11-7-9-13(10-8-11)22-12-5-3-2-4-6-12/h2-10H,1H3. The summed E-state index contributed by atoms with van der Waals surface area (Å²) in [5.41, 5.74) is 0.861. The lowest BCUT2D eigenvalue weighted by Crippen LogP contribution is -1.97. The van der Waals surface area contributed by atoms with Gasteiger partial charge in [-0.25, -0.2) is 0 Å². The maximum Gasteiger partial charge on any atom is 0.321 e. The van der Waals surface area contributed by atoms with E-state index in [0.717, 1.165) is 10.5 Å². The summed E-state index contributed by atoms with van der Waals surface area (Å²) >= 11 is 7.57. The number of hydrogen-bond acceptors (Lipinski definition) is 5. The van der Waals surface area contributed by atoms with Gasteiger partial charge in [0.15, 0.2) is 5.82 Å². The van der Waals surface area contributed by atoms with E-state index in [1.807, 2.05) is 42.5 Å². The maximum atomic E-state index is 5.87. The Bertz CT molecular complexity index is 766. The molecule has 0 aliphatic heterocycles. The zero-order chi connectivity index (χ0) is 15.4. The molecule has 0 saturated heterocycles. The predicted octanol–water partition coefficient (Wildman–Crippen LogP) is 4.35. The minimum Gasteiger partial charge on any atom is -0.467 e. The van der Waals surface area contributed by atoms with Crippen molar-refractivity contribution in [1.29, 1.82) is 0 Å². The van der Waals surface area contributed by atoms with Crippen LogP contribution in [0.2, 0.25) is 5.28 Å². The Labute approximate surface area is 137 Å². The van der Waals surface area contributed by atoms with Crippen LogP contribution in [-0.2, 0) is 0 Å². The molecule has 0 aliphatic rings. The van der Waals surface area contributed by atoms with Gasteiger partial charge in [-0.15, -0.1) is 0 Å². The lowest BCUT2D eigenvalue weighted by molar-refractivity contribution is 0.379. The monoisotopic (exact) mass is 329 g/mol. The predicted molar refractivity (Wildman–Crippen MR) is 87.4 cm³/mol. The molecule has 2 aromatic carbocycles. The van der Waals surface area contributed by atoms with Crippen molar-refractivity contribution in [2.24, 2.45) is 0 Å². The summed E-state index contributed by atoms with van der Waals surface area (Å²) < 4.78 is 5.01. The van der Waals surface area contributed by atoms with Crippen molar-refractivity contribution >= 4 is 23.4 Å². The van der Waals surface area contributed by atoms with Crippen molar-refractivity contribution < 1.29 is 4.74 Å². The average Bonchev–Trinajstić information content (AvgIpc) is 2.56. The van der Waals surface area contributed by atoms with Gasteiger partial charge >= 0.3 is 6.01 Å². The van der Waals surface area contributed by atoms with E-state index >= 15 is 0 Å². The zero-order valence-electron chi connectivity index (χ0n) is 11.7. The molecule has 0 saturated carbocycles. The molecule has 0 atom stereocenters. The molecule has 0 unspecified atom stereocenters. The quantitative estimate of drug-likeness (QED) is 0.712. The molecule has 22 heavy (non-hydrogen) atoms. The third kappa shape index (κ3) is 3.55. The van der Waals surface area contributed by atoms with Crippen molar-refractivity contribution in [2.45, 2.75) is 9.79 Å². The fourth-order valence-corrected chi connectivity index (χ4v) is 2.84. The van der Waals surface area contributed by atoms with Crippen molar-refractivity contribution in [2.75, 3.05) is 7.11 Å². The summed E-state index contributed by atoms with van der Waals surface area (Å²) in [4.78, 5) is 14.5. The van der Waals surface area contributed by atoms with E-state index in [1.54, 1.807) is 11.8 Å². The highest BCUT2D eigenvalue weighted by Crippen LogP contribution is 2.29. The second-order valence-electron chi connectivity index (χ2n) is 4.35. The smallest absolute Gasteiger partial charge is 0.321 e. The number of nitrogens with zero attached hydrogens (tertiary/aromatic N) is 3. The summed E-state index contributed by atoms with van der Waals surface area (Å²) in [5, 5.41) is 0.115. The first-order valence-electron chi connectivity index (χ1n) is 6.53. The van der Waals surface area contributed by atoms with Crippen LogP contribution in [0.25, 0.3) is 11.4 Å². The van der Waals surface area contributed by atoms with Crippen LogP contribution in [0.5, 0.6) is 6.01 Å². The molecule has 0 N–H and O–H groups in total. The van der Waals surface area contributed by atoms with Crippen LogP contribution < -0.4 is 4.74 Å². The second-order valence-corrected chi connectivity index (χ2v) is 5.84. The van der Waals surface area contributed by atoms with E-state index < -0.39 is 0 Å². The molecule has 1 aromatic heterocycles. The Kier molecular flexibility index (Phi) is 4.56. The maximum absolute atomic E-state index is 5.87. The number of hydrogen-bond donors (Lipinski definition) is 0. The molecule has 0 spiro atoms. The van der Waals surface area contributed by atoms with Crippen LogP contribution in [-0.4, -0.2) is 22.1 Å². The van der Waals surface area contributed by atoms with E-state index in [1.165, 1.54) is 12.0 Å². The van der Waals surface area contributed by atoms with Gasteiger partial charge in [0.25, 0.3) is 0 Å². The molecule has 0 bridgehead atoms. The lowest BCUT2D eigenvalue weighted by atomic mass is 10.2. The van der Waals surface area contributed by atoms with Gasteiger partial charge < -0.3 is 4.74 Å². The van der Waals surface area contributed by atoms with Crippen LogP contribution in [0.4, 0.5) is 0 Å². The molecule has 0 amide bonds. The summed E-state index contributed by atoms with van der Waals surface area (Å²) in [6.45, 7) is 0. The topological polar surface area (TPSA) is 47.9 Å². The van der Waals surface area contributed by atoms with Crippen LogP contribution in [0, 0.1) is 0 Å². The second kappa shape index (κ2) is 6.77. The summed E-state index contributed by atoms with van der Waals surface area (Å²) in [7, 11) is 1.50. The average molecular weight is 330 g/mol.